The number of alkyl halides is 1. The van der Waals surface area contributed by atoms with Crippen molar-refractivity contribution in [3.8, 4) is 0 Å². The Morgan fingerprint density at radius 2 is 2.56 bits per heavy atom. The Morgan fingerprint density at radius 3 is 3.00 bits per heavy atom. The number of carbonyl (C=O) groups is 1. The molecule has 1 fully saturated rings. The van der Waals surface area contributed by atoms with Crippen LogP contribution in [0.2, 0.25) is 0 Å². The van der Waals surface area contributed by atoms with Crippen molar-refractivity contribution in [3.05, 3.63) is 0 Å². The number of carbonyl (C=O) groups excluding carboxylic acids is 1. The smallest absolute Gasteiger partial charge is 0.161 e. The van der Waals surface area contributed by atoms with Gasteiger partial charge in [0.2, 0.25) is 0 Å². The molecule has 0 bridgehead atoms. The number of hydrogen-bond acceptors (Lipinski definition) is 2. The van der Waals surface area contributed by atoms with Gasteiger partial charge in [0.15, 0.2) is 5.78 Å². The molecule has 1 heterocycles. The first kappa shape index (κ1) is 7.03. The van der Waals surface area contributed by atoms with Crippen molar-refractivity contribution in [1.29, 1.82) is 0 Å². The molecule has 1 atom stereocenters. The topological polar surface area (TPSA) is 26.3 Å². The second kappa shape index (κ2) is 3.18. The first-order valence-electron chi connectivity index (χ1n) is 3.02. The summed E-state index contributed by atoms with van der Waals surface area (Å²) in [6.45, 7) is 0.293. The van der Waals surface area contributed by atoms with Crippen molar-refractivity contribution in [2.24, 2.45) is 0 Å². The van der Waals surface area contributed by atoms with Crippen LogP contribution < -0.4 is 0 Å². The number of ketones is 1. The molecule has 0 aliphatic carbocycles. The Kier molecular flexibility index (Phi) is 2.49. The van der Waals surface area contributed by atoms with Crippen molar-refractivity contribution in [3.63, 3.8) is 0 Å². The lowest BCUT2D eigenvalue weighted by Crippen LogP contribution is -2.04. The van der Waals surface area contributed by atoms with Crippen LogP contribution in [-0.2, 0) is 9.53 Å². The highest BCUT2D eigenvalue weighted by Gasteiger charge is 2.21. The quantitative estimate of drug-likeness (QED) is 0.546. The number of hydrogen-bond donors (Lipinski definition) is 0. The Hall–Kier alpha value is -0.0800. The fourth-order valence-electron chi connectivity index (χ4n) is 0.890. The van der Waals surface area contributed by atoms with E-state index in [0.717, 1.165) is 6.42 Å². The van der Waals surface area contributed by atoms with Crippen LogP contribution in [0.15, 0.2) is 0 Å². The lowest BCUT2D eigenvalue weighted by molar-refractivity contribution is -0.117. The first-order valence-corrected chi connectivity index (χ1v) is 3.55. The van der Waals surface area contributed by atoms with Gasteiger partial charge in [-0.15, -0.1) is 11.6 Å². The summed E-state index contributed by atoms with van der Waals surface area (Å²) in [7, 11) is 0. The van der Waals surface area contributed by atoms with Gasteiger partial charge in [0.1, 0.15) is 6.61 Å². The molecular formula is C6H9ClO2. The van der Waals surface area contributed by atoms with Gasteiger partial charge in [-0.1, -0.05) is 0 Å². The molecule has 9 heavy (non-hydrogen) atoms. The first-order chi connectivity index (χ1) is 4.33. The van der Waals surface area contributed by atoms with Crippen LogP contribution in [0.1, 0.15) is 12.8 Å². The molecule has 1 unspecified atom stereocenters. The number of Topliss-reactive ketones (excluding diaryl/α,β-unsaturated/α-hetero) is 1. The maximum absolute atomic E-state index is 10.6. The summed E-state index contributed by atoms with van der Waals surface area (Å²) >= 11 is 5.44. The van der Waals surface area contributed by atoms with Gasteiger partial charge in [-0.05, 0) is 6.42 Å². The molecule has 1 aliphatic heterocycles. The number of ether oxygens (including phenoxy) is 1. The van der Waals surface area contributed by atoms with Crippen molar-refractivity contribution >= 4 is 17.4 Å². The number of rotatable bonds is 2. The predicted octanol–water partition coefficient (Wildman–Crippen LogP) is 0.973. The third kappa shape index (κ3) is 1.95. The third-order valence-corrected chi connectivity index (χ3v) is 1.58. The van der Waals surface area contributed by atoms with E-state index >= 15 is 0 Å². The molecular weight excluding hydrogens is 140 g/mol. The maximum atomic E-state index is 10.6. The Morgan fingerprint density at radius 1 is 1.78 bits per heavy atom. The molecule has 0 aromatic carbocycles. The van der Waals surface area contributed by atoms with E-state index < -0.39 is 0 Å². The van der Waals surface area contributed by atoms with Crippen molar-refractivity contribution in [2.45, 2.75) is 18.9 Å². The fourth-order valence-corrected chi connectivity index (χ4v) is 1.13. The van der Waals surface area contributed by atoms with Crippen molar-refractivity contribution in [1.82, 2.24) is 0 Å². The van der Waals surface area contributed by atoms with E-state index in [-0.39, 0.29) is 11.9 Å². The van der Waals surface area contributed by atoms with Crippen LogP contribution in [0.5, 0.6) is 0 Å². The van der Waals surface area contributed by atoms with Crippen LogP contribution in [0.25, 0.3) is 0 Å². The molecule has 2 nitrogen and oxygen atoms in total. The monoisotopic (exact) mass is 148 g/mol. The highest BCUT2D eigenvalue weighted by atomic mass is 35.5. The molecule has 0 saturated carbocycles. The van der Waals surface area contributed by atoms with Crippen LogP contribution in [0.4, 0.5) is 0 Å². The van der Waals surface area contributed by atoms with Crippen LogP contribution >= 0.6 is 11.6 Å². The summed E-state index contributed by atoms with van der Waals surface area (Å²) in [5, 5.41) is 0. The summed E-state index contributed by atoms with van der Waals surface area (Å²) in [6, 6.07) is 0. The molecule has 0 amide bonds. The third-order valence-electron chi connectivity index (χ3n) is 1.37. The van der Waals surface area contributed by atoms with Crippen LogP contribution in [0.3, 0.4) is 0 Å². The molecule has 1 saturated heterocycles. The maximum Gasteiger partial charge on any atom is 0.161 e. The minimum atomic E-state index is 0.106. The summed E-state index contributed by atoms with van der Waals surface area (Å²) < 4.78 is 5.07. The molecule has 0 aromatic rings. The van der Waals surface area contributed by atoms with Gasteiger partial charge >= 0.3 is 0 Å². The lowest BCUT2D eigenvalue weighted by Gasteiger charge is -2.02. The Bertz CT molecular complexity index is 114. The zero-order valence-corrected chi connectivity index (χ0v) is 5.86. The summed E-state index contributed by atoms with van der Waals surface area (Å²) in [5.41, 5.74) is 0. The van der Waals surface area contributed by atoms with Gasteiger partial charge in [0.25, 0.3) is 0 Å². The summed E-state index contributed by atoms with van der Waals surface area (Å²) in [4.78, 5) is 10.6. The zero-order valence-electron chi connectivity index (χ0n) is 5.10. The molecule has 0 N–H and O–H groups in total. The average Bonchev–Trinajstić information content (AvgIpc) is 2.17. The molecule has 1 rings (SSSR count). The highest BCUT2D eigenvalue weighted by Crippen LogP contribution is 2.12. The van der Waals surface area contributed by atoms with Crippen molar-refractivity contribution in [2.75, 3.05) is 12.5 Å². The minimum Gasteiger partial charge on any atom is -0.370 e. The Balaban J connectivity index is 2.22. The zero-order chi connectivity index (χ0) is 6.69. The van der Waals surface area contributed by atoms with Gasteiger partial charge in [0, 0.05) is 12.3 Å². The Labute approximate surface area is 59.1 Å². The summed E-state index contributed by atoms with van der Waals surface area (Å²) in [5.74, 6) is 0.780. The molecule has 0 aromatic heterocycles. The number of halogens is 1. The molecule has 0 spiro atoms. The van der Waals surface area contributed by atoms with E-state index in [1.807, 2.05) is 0 Å². The van der Waals surface area contributed by atoms with Gasteiger partial charge in [-0.25, -0.2) is 0 Å². The minimum absolute atomic E-state index is 0.106. The fraction of sp³-hybridized carbons (Fsp3) is 0.833. The lowest BCUT2D eigenvalue weighted by atomic mass is 10.2. The van der Waals surface area contributed by atoms with Crippen LogP contribution in [-0.4, -0.2) is 24.4 Å². The van der Waals surface area contributed by atoms with E-state index in [4.69, 9.17) is 16.3 Å². The SMILES string of the molecule is O=C1COC(CCCl)C1. The van der Waals surface area contributed by atoms with Gasteiger partial charge < -0.3 is 4.74 Å². The van der Waals surface area contributed by atoms with E-state index in [0.29, 0.717) is 18.9 Å². The average molecular weight is 149 g/mol. The standard InChI is InChI=1S/C6H9ClO2/c7-2-1-6-3-5(8)4-9-6/h6H,1-4H2. The molecule has 1 aliphatic rings. The largest absolute Gasteiger partial charge is 0.370 e. The second-order valence-electron chi connectivity index (χ2n) is 2.15. The molecule has 52 valence electrons. The van der Waals surface area contributed by atoms with Gasteiger partial charge in [-0.3, -0.25) is 4.79 Å². The summed E-state index contributed by atoms with van der Waals surface area (Å²) in [6.07, 6.45) is 1.47. The van der Waals surface area contributed by atoms with E-state index in [2.05, 4.69) is 0 Å². The van der Waals surface area contributed by atoms with Gasteiger partial charge in [-0.2, -0.15) is 0 Å². The highest BCUT2D eigenvalue weighted by molar-refractivity contribution is 6.17. The van der Waals surface area contributed by atoms with E-state index in [1.54, 1.807) is 0 Å². The van der Waals surface area contributed by atoms with Gasteiger partial charge in [0.05, 0.1) is 6.10 Å². The van der Waals surface area contributed by atoms with Crippen molar-refractivity contribution < 1.29 is 9.53 Å². The molecule has 0 radical (unpaired) electrons. The van der Waals surface area contributed by atoms with Crippen LogP contribution in [0, 0.1) is 0 Å². The molecule has 3 heteroatoms. The predicted molar refractivity (Wildman–Crippen MR) is 34.7 cm³/mol. The second-order valence-corrected chi connectivity index (χ2v) is 2.53. The van der Waals surface area contributed by atoms with E-state index in [1.165, 1.54) is 0 Å². The van der Waals surface area contributed by atoms with E-state index in [9.17, 15) is 4.79 Å². The normalized spacial score (nSPS) is 27.2.